The molecule has 1 aliphatic carbocycles. The van der Waals surface area contributed by atoms with Crippen LogP contribution in [-0.4, -0.2) is 47.9 Å². The van der Waals surface area contributed by atoms with Crippen molar-refractivity contribution in [2.45, 2.75) is 64.1 Å². The van der Waals surface area contributed by atoms with Crippen molar-refractivity contribution in [3.63, 3.8) is 0 Å². The largest absolute Gasteiger partial charge is 0.314 e. The molecule has 2 rings (SSSR count). The van der Waals surface area contributed by atoms with Gasteiger partial charge in [0.15, 0.2) is 0 Å². The predicted octanol–water partition coefficient (Wildman–Crippen LogP) is 0.644. The highest BCUT2D eigenvalue weighted by Gasteiger charge is 2.36. The summed E-state index contributed by atoms with van der Waals surface area (Å²) in [6, 6.07) is 0.813. The van der Waals surface area contributed by atoms with E-state index in [1.807, 2.05) is 6.92 Å². The standard InChI is InChI=1S/C14H25N3O2/c1-3-8-15-11-4-6-12(7-5-11)17-9-13(18)16-14(19)10(17)2/h10-12,15H,3-9H2,1-2H3,(H,16,18,19). The molecular formula is C14H25N3O2. The molecule has 1 atom stereocenters. The van der Waals surface area contributed by atoms with E-state index in [1.165, 1.54) is 0 Å². The monoisotopic (exact) mass is 267 g/mol. The van der Waals surface area contributed by atoms with Gasteiger partial charge in [-0.1, -0.05) is 6.92 Å². The van der Waals surface area contributed by atoms with Gasteiger partial charge in [-0.3, -0.25) is 19.8 Å². The van der Waals surface area contributed by atoms with Gasteiger partial charge in [0, 0.05) is 12.1 Å². The van der Waals surface area contributed by atoms with E-state index in [-0.39, 0.29) is 17.9 Å². The highest BCUT2D eigenvalue weighted by atomic mass is 16.2. The van der Waals surface area contributed by atoms with E-state index in [2.05, 4.69) is 22.5 Å². The Labute approximate surface area is 115 Å². The van der Waals surface area contributed by atoms with Crippen LogP contribution in [0.3, 0.4) is 0 Å². The Morgan fingerprint density at radius 2 is 1.95 bits per heavy atom. The van der Waals surface area contributed by atoms with Gasteiger partial charge in [-0.2, -0.15) is 0 Å². The fraction of sp³-hybridized carbons (Fsp3) is 0.857. The van der Waals surface area contributed by atoms with E-state index < -0.39 is 0 Å². The van der Waals surface area contributed by atoms with Crippen LogP contribution in [0, 0.1) is 0 Å². The Balaban J connectivity index is 1.86. The summed E-state index contributed by atoms with van der Waals surface area (Å²) in [6.45, 7) is 5.52. The van der Waals surface area contributed by atoms with Gasteiger partial charge in [-0.25, -0.2) is 0 Å². The first-order valence-corrected chi connectivity index (χ1v) is 7.44. The quantitative estimate of drug-likeness (QED) is 0.734. The number of imide groups is 1. The van der Waals surface area contributed by atoms with Crippen LogP contribution in [0.2, 0.25) is 0 Å². The van der Waals surface area contributed by atoms with E-state index in [4.69, 9.17) is 0 Å². The third kappa shape index (κ3) is 3.54. The fourth-order valence-corrected chi connectivity index (χ4v) is 3.14. The number of amides is 2. The minimum Gasteiger partial charge on any atom is -0.314 e. The maximum atomic E-state index is 11.7. The van der Waals surface area contributed by atoms with Crippen molar-refractivity contribution in [3.8, 4) is 0 Å². The minimum absolute atomic E-state index is 0.150. The number of carbonyl (C=O) groups is 2. The average Bonchev–Trinajstić information content (AvgIpc) is 2.41. The van der Waals surface area contributed by atoms with Gasteiger partial charge in [-0.15, -0.1) is 0 Å². The number of rotatable bonds is 4. The van der Waals surface area contributed by atoms with Crippen molar-refractivity contribution >= 4 is 11.8 Å². The van der Waals surface area contributed by atoms with Gasteiger partial charge >= 0.3 is 0 Å². The lowest BCUT2D eigenvalue weighted by Crippen LogP contribution is -2.60. The number of piperazine rings is 1. The van der Waals surface area contributed by atoms with Crippen molar-refractivity contribution in [1.29, 1.82) is 0 Å². The summed E-state index contributed by atoms with van der Waals surface area (Å²) in [7, 11) is 0. The summed E-state index contributed by atoms with van der Waals surface area (Å²) in [5.41, 5.74) is 0. The molecule has 1 saturated heterocycles. The van der Waals surface area contributed by atoms with Crippen molar-refractivity contribution in [1.82, 2.24) is 15.5 Å². The Morgan fingerprint density at radius 3 is 2.58 bits per heavy atom. The predicted molar refractivity (Wildman–Crippen MR) is 73.7 cm³/mol. The molecule has 108 valence electrons. The molecule has 2 aliphatic rings. The molecule has 2 N–H and O–H groups in total. The number of hydrogen-bond acceptors (Lipinski definition) is 4. The van der Waals surface area contributed by atoms with Crippen molar-refractivity contribution < 1.29 is 9.59 Å². The van der Waals surface area contributed by atoms with Crippen LogP contribution in [-0.2, 0) is 9.59 Å². The molecule has 0 spiro atoms. The Morgan fingerprint density at radius 1 is 1.26 bits per heavy atom. The second-order valence-electron chi connectivity index (χ2n) is 5.72. The third-order valence-electron chi connectivity index (χ3n) is 4.31. The maximum absolute atomic E-state index is 11.7. The van der Waals surface area contributed by atoms with Crippen LogP contribution in [0.25, 0.3) is 0 Å². The number of nitrogens with one attached hydrogen (secondary N) is 2. The number of hydrogen-bond donors (Lipinski definition) is 2. The molecule has 1 unspecified atom stereocenters. The molecule has 0 aromatic heterocycles. The van der Waals surface area contributed by atoms with Gasteiger partial charge in [0.05, 0.1) is 12.6 Å². The van der Waals surface area contributed by atoms with Crippen LogP contribution in [0.1, 0.15) is 46.0 Å². The molecule has 19 heavy (non-hydrogen) atoms. The third-order valence-corrected chi connectivity index (χ3v) is 4.31. The van der Waals surface area contributed by atoms with Crippen LogP contribution < -0.4 is 10.6 Å². The highest BCUT2D eigenvalue weighted by molar-refractivity contribution is 6.00. The van der Waals surface area contributed by atoms with Gasteiger partial charge in [0.1, 0.15) is 0 Å². The molecule has 5 nitrogen and oxygen atoms in total. The van der Waals surface area contributed by atoms with E-state index in [0.29, 0.717) is 18.6 Å². The first kappa shape index (κ1) is 14.5. The van der Waals surface area contributed by atoms with Crippen molar-refractivity contribution in [2.24, 2.45) is 0 Å². The molecular weight excluding hydrogens is 242 g/mol. The molecule has 0 bridgehead atoms. The summed E-state index contributed by atoms with van der Waals surface area (Å²) in [5, 5.41) is 5.96. The molecule has 0 radical (unpaired) electrons. The van der Waals surface area contributed by atoms with E-state index >= 15 is 0 Å². The summed E-state index contributed by atoms with van der Waals surface area (Å²) in [6.07, 6.45) is 5.60. The molecule has 1 saturated carbocycles. The van der Waals surface area contributed by atoms with E-state index in [1.54, 1.807) is 0 Å². The normalized spacial score (nSPS) is 33.3. The van der Waals surface area contributed by atoms with Crippen LogP contribution in [0.15, 0.2) is 0 Å². The van der Waals surface area contributed by atoms with E-state index in [0.717, 1.165) is 38.6 Å². The first-order chi connectivity index (χ1) is 9.11. The molecule has 1 aliphatic heterocycles. The topological polar surface area (TPSA) is 61.4 Å². The average molecular weight is 267 g/mol. The summed E-state index contributed by atoms with van der Waals surface area (Å²) in [5.74, 6) is -0.309. The highest BCUT2D eigenvalue weighted by Crippen LogP contribution is 2.25. The molecule has 2 amide bonds. The van der Waals surface area contributed by atoms with Gasteiger partial charge in [-0.05, 0) is 45.6 Å². The SMILES string of the molecule is CCCNC1CCC(N2CC(=O)NC(=O)C2C)CC1. The minimum atomic E-state index is -0.178. The lowest BCUT2D eigenvalue weighted by Gasteiger charge is -2.41. The van der Waals surface area contributed by atoms with Crippen LogP contribution in [0.5, 0.6) is 0 Å². The smallest absolute Gasteiger partial charge is 0.243 e. The van der Waals surface area contributed by atoms with Gasteiger partial charge in [0.25, 0.3) is 0 Å². The zero-order valence-corrected chi connectivity index (χ0v) is 11.9. The van der Waals surface area contributed by atoms with Crippen molar-refractivity contribution in [2.75, 3.05) is 13.1 Å². The second kappa shape index (κ2) is 6.48. The summed E-state index contributed by atoms with van der Waals surface area (Å²) < 4.78 is 0. The summed E-state index contributed by atoms with van der Waals surface area (Å²) in [4.78, 5) is 25.2. The Bertz CT molecular complexity index is 338. The van der Waals surface area contributed by atoms with E-state index in [9.17, 15) is 9.59 Å². The van der Waals surface area contributed by atoms with Gasteiger partial charge in [0.2, 0.25) is 11.8 Å². The Hall–Kier alpha value is -0.940. The van der Waals surface area contributed by atoms with Gasteiger partial charge < -0.3 is 5.32 Å². The first-order valence-electron chi connectivity index (χ1n) is 7.44. The second-order valence-corrected chi connectivity index (χ2v) is 5.72. The lowest BCUT2D eigenvalue weighted by atomic mass is 9.89. The zero-order valence-electron chi connectivity index (χ0n) is 11.9. The number of nitrogens with zero attached hydrogens (tertiary/aromatic N) is 1. The van der Waals surface area contributed by atoms with Crippen molar-refractivity contribution in [3.05, 3.63) is 0 Å². The maximum Gasteiger partial charge on any atom is 0.243 e. The Kier molecular flexibility index (Phi) is 4.93. The molecule has 5 heteroatoms. The zero-order chi connectivity index (χ0) is 13.8. The molecule has 0 aromatic carbocycles. The molecule has 2 fully saturated rings. The van der Waals surface area contributed by atoms with Crippen LogP contribution in [0.4, 0.5) is 0 Å². The number of carbonyl (C=O) groups excluding carboxylic acids is 2. The fourth-order valence-electron chi connectivity index (χ4n) is 3.14. The molecule has 0 aromatic rings. The lowest BCUT2D eigenvalue weighted by molar-refractivity contribution is -0.141. The molecule has 1 heterocycles. The summed E-state index contributed by atoms with van der Waals surface area (Å²) >= 11 is 0. The van der Waals surface area contributed by atoms with Crippen LogP contribution >= 0.6 is 0 Å².